The van der Waals surface area contributed by atoms with Gasteiger partial charge in [0.25, 0.3) is 0 Å². The standard InChI is InChI=1S/C24H30N6OS/c1-15-9-11-30(12-10-15)23-18(4)22(25-21-13-16(2)28-29-21)26-24(27-23)32-20-7-5-19(6-8-20)14-17(3)31/h5-8,13,15H,9-12,14H2,1-4H3,(H2,25,26,27,28,29). The van der Waals surface area contributed by atoms with Gasteiger partial charge in [-0.1, -0.05) is 19.1 Å². The van der Waals surface area contributed by atoms with E-state index in [2.05, 4.69) is 34.3 Å². The molecule has 0 aliphatic carbocycles. The molecule has 0 amide bonds. The van der Waals surface area contributed by atoms with E-state index < -0.39 is 0 Å². The fourth-order valence-electron chi connectivity index (χ4n) is 3.85. The van der Waals surface area contributed by atoms with E-state index in [1.807, 2.05) is 37.3 Å². The topological polar surface area (TPSA) is 86.8 Å². The minimum absolute atomic E-state index is 0.164. The van der Waals surface area contributed by atoms with Gasteiger partial charge in [-0.15, -0.1) is 0 Å². The van der Waals surface area contributed by atoms with E-state index in [1.165, 1.54) is 24.6 Å². The van der Waals surface area contributed by atoms with Crippen molar-refractivity contribution >= 4 is 35.0 Å². The Balaban J connectivity index is 1.63. The van der Waals surface area contributed by atoms with E-state index in [9.17, 15) is 4.79 Å². The maximum absolute atomic E-state index is 11.4. The molecule has 0 saturated carbocycles. The number of nitrogens with zero attached hydrogens (tertiary/aromatic N) is 4. The maximum Gasteiger partial charge on any atom is 0.196 e. The Morgan fingerprint density at radius 2 is 1.91 bits per heavy atom. The first-order valence-electron chi connectivity index (χ1n) is 11.1. The van der Waals surface area contributed by atoms with Crippen molar-refractivity contribution in [2.75, 3.05) is 23.3 Å². The van der Waals surface area contributed by atoms with Gasteiger partial charge in [0.15, 0.2) is 11.0 Å². The number of Topliss-reactive ketones (excluding diaryl/α,β-unsaturated/α-hetero) is 1. The van der Waals surface area contributed by atoms with Gasteiger partial charge in [-0.2, -0.15) is 5.10 Å². The molecule has 1 aliphatic heterocycles. The Bertz CT molecular complexity index is 1090. The molecule has 0 spiro atoms. The lowest BCUT2D eigenvalue weighted by Gasteiger charge is -2.32. The second kappa shape index (κ2) is 9.73. The number of hydrogen-bond donors (Lipinski definition) is 2. The summed E-state index contributed by atoms with van der Waals surface area (Å²) in [7, 11) is 0. The zero-order valence-corrected chi connectivity index (χ0v) is 19.9. The summed E-state index contributed by atoms with van der Waals surface area (Å²) in [4.78, 5) is 24.6. The predicted octanol–water partition coefficient (Wildman–Crippen LogP) is 5.08. The first-order chi connectivity index (χ1) is 15.4. The number of H-pyrrole nitrogens is 1. The molecule has 1 aliphatic rings. The van der Waals surface area contributed by atoms with Crippen LogP contribution in [0.15, 0.2) is 40.4 Å². The first kappa shape index (κ1) is 22.3. The van der Waals surface area contributed by atoms with Crippen molar-refractivity contribution in [1.82, 2.24) is 20.2 Å². The molecule has 0 unspecified atom stereocenters. The number of aryl methyl sites for hydroxylation is 1. The normalized spacial score (nSPS) is 14.6. The van der Waals surface area contributed by atoms with Crippen LogP contribution in [0, 0.1) is 19.8 Å². The number of piperidine rings is 1. The number of carbonyl (C=O) groups excluding carboxylic acids is 1. The molecule has 8 heteroatoms. The van der Waals surface area contributed by atoms with Crippen molar-refractivity contribution < 1.29 is 4.79 Å². The lowest BCUT2D eigenvalue weighted by Crippen LogP contribution is -2.34. The predicted molar refractivity (Wildman–Crippen MR) is 129 cm³/mol. The number of anilines is 3. The lowest BCUT2D eigenvalue weighted by molar-refractivity contribution is -0.116. The van der Waals surface area contributed by atoms with Gasteiger partial charge in [0.05, 0.1) is 0 Å². The second-order valence-electron chi connectivity index (χ2n) is 8.66. The Labute approximate surface area is 193 Å². The van der Waals surface area contributed by atoms with Crippen molar-refractivity contribution in [1.29, 1.82) is 0 Å². The SMILES string of the molecule is CC(=O)Cc1ccc(Sc2nc(Nc3cc(C)[nH]n3)c(C)c(N3CCC(C)CC3)n2)cc1. The molecule has 168 valence electrons. The number of aromatic nitrogens is 4. The number of ketones is 1. The Morgan fingerprint density at radius 3 is 2.53 bits per heavy atom. The number of aromatic amines is 1. The summed E-state index contributed by atoms with van der Waals surface area (Å²) in [6.45, 7) is 9.98. The summed E-state index contributed by atoms with van der Waals surface area (Å²) in [5, 5.41) is 11.3. The largest absolute Gasteiger partial charge is 0.356 e. The number of hydrogen-bond acceptors (Lipinski definition) is 7. The summed E-state index contributed by atoms with van der Waals surface area (Å²) in [5.41, 5.74) is 3.04. The summed E-state index contributed by atoms with van der Waals surface area (Å²) < 4.78 is 0. The second-order valence-corrected chi connectivity index (χ2v) is 9.70. The highest BCUT2D eigenvalue weighted by molar-refractivity contribution is 7.99. The van der Waals surface area contributed by atoms with Crippen molar-refractivity contribution in [3.8, 4) is 0 Å². The molecular formula is C24H30N6OS. The number of nitrogens with one attached hydrogen (secondary N) is 2. The molecule has 2 N–H and O–H groups in total. The zero-order valence-electron chi connectivity index (χ0n) is 19.1. The molecule has 32 heavy (non-hydrogen) atoms. The van der Waals surface area contributed by atoms with Crippen molar-refractivity contribution in [2.24, 2.45) is 5.92 Å². The Morgan fingerprint density at radius 1 is 1.19 bits per heavy atom. The van der Waals surface area contributed by atoms with Crippen molar-refractivity contribution in [3.05, 3.63) is 47.2 Å². The van der Waals surface area contributed by atoms with Gasteiger partial charge in [0, 0.05) is 41.7 Å². The quantitative estimate of drug-likeness (QED) is 0.485. The maximum atomic E-state index is 11.4. The molecule has 1 saturated heterocycles. The fourth-order valence-corrected chi connectivity index (χ4v) is 4.60. The molecular weight excluding hydrogens is 420 g/mol. The van der Waals surface area contributed by atoms with E-state index in [4.69, 9.17) is 9.97 Å². The van der Waals surface area contributed by atoms with Crippen LogP contribution >= 0.6 is 11.8 Å². The molecule has 1 fully saturated rings. The van der Waals surface area contributed by atoms with Crippen LogP contribution in [-0.2, 0) is 11.2 Å². The molecule has 0 bridgehead atoms. The molecule has 3 heterocycles. The van der Waals surface area contributed by atoms with E-state index >= 15 is 0 Å². The van der Waals surface area contributed by atoms with Crippen molar-refractivity contribution in [2.45, 2.75) is 57.0 Å². The number of rotatable bonds is 7. The van der Waals surface area contributed by atoms with Crippen LogP contribution in [-0.4, -0.2) is 39.0 Å². The molecule has 3 aromatic rings. The summed E-state index contributed by atoms with van der Waals surface area (Å²) in [6, 6.07) is 10.0. The highest BCUT2D eigenvalue weighted by Gasteiger charge is 2.22. The minimum atomic E-state index is 0.164. The highest BCUT2D eigenvalue weighted by atomic mass is 32.2. The third-order valence-corrected chi connectivity index (χ3v) is 6.59. The lowest BCUT2D eigenvalue weighted by atomic mass is 9.99. The molecule has 0 atom stereocenters. The van der Waals surface area contributed by atoms with E-state index in [1.54, 1.807) is 6.92 Å². The van der Waals surface area contributed by atoms with Crippen LogP contribution < -0.4 is 10.2 Å². The van der Waals surface area contributed by atoms with Crippen LogP contribution in [0.2, 0.25) is 0 Å². The van der Waals surface area contributed by atoms with Gasteiger partial charge in [-0.25, -0.2) is 9.97 Å². The molecule has 2 aromatic heterocycles. The average molecular weight is 451 g/mol. The van der Waals surface area contributed by atoms with Gasteiger partial charge < -0.3 is 10.2 Å². The Kier molecular flexibility index (Phi) is 6.79. The van der Waals surface area contributed by atoms with Crippen LogP contribution in [0.5, 0.6) is 0 Å². The zero-order chi connectivity index (χ0) is 22.7. The highest BCUT2D eigenvalue weighted by Crippen LogP contribution is 2.33. The number of carbonyl (C=O) groups is 1. The van der Waals surface area contributed by atoms with Gasteiger partial charge in [0.1, 0.15) is 17.4 Å². The van der Waals surface area contributed by atoms with Gasteiger partial charge >= 0.3 is 0 Å². The van der Waals surface area contributed by atoms with Gasteiger partial charge in [-0.3, -0.25) is 9.89 Å². The smallest absolute Gasteiger partial charge is 0.196 e. The average Bonchev–Trinajstić information content (AvgIpc) is 3.16. The van der Waals surface area contributed by atoms with E-state index in [0.717, 1.165) is 58.2 Å². The molecule has 0 radical (unpaired) electrons. The van der Waals surface area contributed by atoms with Crippen molar-refractivity contribution in [3.63, 3.8) is 0 Å². The summed E-state index contributed by atoms with van der Waals surface area (Å²) in [6.07, 6.45) is 2.80. The van der Waals surface area contributed by atoms with Crippen LogP contribution in [0.4, 0.5) is 17.5 Å². The van der Waals surface area contributed by atoms with Gasteiger partial charge in [0.2, 0.25) is 0 Å². The Hall–Kier alpha value is -2.87. The number of benzene rings is 1. The minimum Gasteiger partial charge on any atom is -0.356 e. The summed E-state index contributed by atoms with van der Waals surface area (Å²) in [5.74, 6) is 3.41. The molecule has 1 aromatic carbocycles. The van der Waals surface area contributed by atoms with Gasteiger partial charge in [-0.05, 0) is 69.0 Å². The van der Waals surface area contributed by atoms with Crippen LogP contribution in [0.25, 0.3) is 0 Å². The fraction of sp³-hybridized carbons (Fsp3) is 0.417. The molecule has 7 nitrogen and oxygen atoms in total. The van der Waals surface area contributed by atoms with E-state index in [0.29, 0.717) is 11.6 Å². The third-order valence-electron chi connectivity index (χ3n) is 5.72. The van der Waals surface area contributed by atoms with Crippen LogP contribution in [0.3, 0.4) is 0 Å². The first-order valence-corrected chi connectivity index (χ1v) is 11.9. The van der Waals surface area contributed by atoms with E-state index in [-0.39, 0.29) is 5.78 Å². The molecule has 4 rings (SSSR count). The monoisotopic (exact) mass is 450 g/mol. The summed E-state index contributed by atoms with van der Waals surface area (Å²) >= 11 is 1.53. The van der Waals surface area contributed by atoms with Crippen LogP contribution in [0.1, 0.15) is 43.5 Å². The third kappa shape index (κ3) is 5.48.